The van der Waals surface area contributed by atoms with E-state index in [0.717, 1.165) is 27.0 Å². The molecule has 2 aromatic carbocycles. The molecule has 0 aliphatic rings. The first-order valence-electron chi connectivity index (χ1n) is 8.59. The number of halogens is 1. The highest BCUT2D eigenvalue weighted by molar-refractivity contribution is 7.20. The van der Waals surface area contributed by atoms with Gasteiger partial charge in [0.15, 0.2) is 0 Å². The molecule has 0 radical (unpaired) electrons. The zero-order valence-electron chi connectivity index (χ0n) is 15.0. The third-order valence-corrected chi connectivity index (χ3v) is 5.53. The van der Waals surface area contributed by atoms with Crippen LogP contribution in [0.15, 0.2) is 54.6 Å². The van der Waals surface area contributed by atoms with E-state index >= 15 is 0 Å². The Morgan fingerprint density at radius 3 is 2.67 bits per heavy atom. The Kier molecular flexibility index (Phi) is 4.49. The number of carbonyl (C=O) groups is 1. The first kappa shape index (κ1) is 17.4. The Hall–Kier alpha value is -2.99. The Morgan fingerprint density at radius 1 is 1.15 bits per heavy atom. The lowest BCUT2D eigenvalue weighted by Gasteiger charge is -2.06. The van der Waals surface area contributed by atoms with E-state index in [2.05, 4.69) is 10.4 Å². The molecule has 1 N–H and O–H groups in total. The van der Waals surface area contributed by atoms with Crippen LogP contribution in [-0.2, 0) is 6.54 Å². The van der Waals surface area contributed by atoms with Crippen molar-refractivity contribution in [3.8, 4) is 0 Å². The minimum absolute atomic E-state index is 0.186. The Morgan fingerprint density at radius 2 is 1.93 bits per heavy atom. The molecule has 2 aromatic heterocycles. The molecule has 4 nitrogen and oxygen atoms in total. The Labute approximate surface area is 160 Å². The first-order valence-corrected chi connectivity index (χ1v) is 9.41. The highest BCUT2D eigenvalue weighted by Crippen LogP contribution is 2.29. The molecule has 0 saturated carbocycles. The van der Waals surface area contributed by atoms with E-state index in [0.29, 0.717) is 11.4 Å². The number of hydrogen-bond donors (Lipinski definition) is 1. The van der Waals surface area contributed by atoms with Crippen molar-refractivity contribution >= 4 is 33.1 Å². The Balaban J connectivity index is 1.63. The highest BCUT2D eigenvalue weighted by Gasteiger charge is 2.17. The summed E-state index contributed by atoms with van der Waals surface area (Å²) in [5.74, 6) is -0.750. The van der Waals surface area contributed by atoms with Gasteiger partial charge in [0.05, 0.1) is 22.8 Å². The van der Waals surface area contributed by atoms with E-state index in [1.165, 1.54) is 17.4 Å². The molecule has 0 atom stereocenters. The summed E-state index contributed by atoms with van der Waals surface area (Å²) in [6.07, 6.45) is 0. The van der Waals surface area contributed by atoms with Crippen LogP contribution in [0, 0.1) is 19.7 Å². The van der Waals surface area contributed by atoms with Crippen LogP contribution in [0.4, 0.5) is 10.1 Å². The number of nitrogens with zero attached hydrogens (tertiary/aromatic N) is 2. The number of hydrogen-bond acceptors (Lipinski definition) is 3. The fraction of sp³-hybridized carbons (Fsp3) is 0.143. The molecule has 0 bridgehead atoms. The number of carbonyl (C=O) groups excluding carboxylic acids is 1. The van der Waals surface area contributed by atoms with E-state index in [1.807, 2.05) is 54.9 Å². The van der Waals surface area contributed by atoms with E-state index in [1.54, 1.807) is 12.1 Å². The number of amides is 1. The molecule has 0 spiro atoms. The van der Waals surface area contributed by atoms with Crippen LogP contribution in [0.5, 0.6) is 0 Å². The van der Waals surface area contributed by atoms with Crippen LogP contribution < -0.4 is 5.32 Å². The van der Waals surface area contributed by atoms with Crippen molar-refractivity contribution in [1.82, 2.24) is 9.78 Å². The Bertz CT molecular complexity index is 1130. The van der Waals surface area contributed by atoms with Gasteiger partial charge in [0, 0.05) is 5.39 Å². The van der Waals surface area contributed by atoms with Crippen LogP contribution in [0.3, 0.4) is 0 Å². The average molecular weight is 379 g/mol. The van der Waals surface area contributed by atoms with E-state index in [-0.39, 0.29) is 11.6 Å². The number of thiophene rings is 1. The van der Waals surface area contributed by atoms with Gasteiger partial charge in [0.25, 0.3) is 5.91 Å². The normalized spacial score (nSPS) is 11.1. The zero-order chi connectivity index (χ0) is 19.0. The number of aryl methyl sites for hydroxylation is 2. The minimum Gasteiger partial charge on any atom is -0.319 e. The summed E-state index contributed by atoms with van der Waals surface area (Å²) >= 11 is 1.37. The predicted octanol–water partition coefficient (Wildman–Crippen LogP) is 5.15. The molecular formula is C21H18FN3OS. The van der Waals surface area contributed by atoms with Gasteiger partial charge in [-0.1, -0.05) is 36.4 Å². The van der Waals surface area contributed by atoms with Crippen LogP contribution in [0.1, 0.15) is 26.5 Å². The van der Waals surface area contributed by atoms with Crippen LogP contribution in [0.2, 0.25) is 0 Å². The second-order valence-corrected chi connectivity index (χ2v) is 7.53. The lowest BCUT2D eigenvalue weighted by molar-refractivity contribution is 0.103. The fourth-order valence-corrected chi connectivity index (χ4v) is 4.05. The summed E-state index contributed by atoms with van der Waals surface area (Å²) in [6.45, 7) is 4.37. The average Bonchev–Trinajstić information content (AvgIpc) is 3.20. The number of nitrogens with one attached hydrogen (secondary N) is 1. The zero-order valence-corrected chi connectivity index (χ0v) is 15.8. The number of rotatable bonds is 4. The van der Waals surface area contributed by atoms with E-state index in [9.17, 15) is 9.18 Å². The summed E-state index contributed by atoms with van der Waals surface area (Å²) in [5, 5.41) is 8.20. The van der Waals surface area contributed by atoms with Crippen molar-refractivity contribution in [3.63, 3.8) is 0 Å². The maximum absolute atomic E-state index is 14.0. The predicted molar refractivity (Wildman–Crippen MR) is 107 cm³/mol. The molecule has 27 heavy (non-hydrogen) atoms. The number of fused-ring (bicyclic) bond motifs is 1. The van der Waals surface area contributed by atoms with Crippen molar-refractivity contribution < 1.29 is 9.18 Å². The molecule has 0 aliphatic heterocycles. The number of anilines is 1. The molecular weight excluding hydrogens is 361 g/mol. The standard InChI is InChI=1S/C21H18FN3OS/c1-13-8-9-18(17(22)10-13)23-20(26)19-11-16-14(2)24-25(21(16)27-19)12-15-6-4-3-5-7-15/h3-11H,12H2,1-2H3,(H,23,26). The summed E-state index contributed by atoms with van der Waals surface area (Å²) in [7, 11) is 0. The third kappa shape index (κ3) is 3.48. The maximum atomic E-state index is 14.0. The minimum atomic E-state index is -0.434. The van der Waals surface area contributed by atoms with Gasteiger partial charge in [0.1, 0.15) is 10.6 Å². The first-order chi connectivity index (χ1) is 13.0. The molecule has 6 heteroatoms. The van der Waals surface area contributed by atoms with Gasteiger partial charge in [-0.3, -0.25) is 9.48 Å². The lowest BCUT2D eigenvalue weighted by atomic mass is 10.2. The van der Waals surface area contributed by atoms with Gasteiger partial charge < -0.3 is 5.32 Å². The second-order valence-electron chi connectivity index (χ2n) is 6.50. The van der Waals surface area contributed by atoms with E-state index < -0.39 is 5.82 Å². The van der Waals surface area contributed by atoms with Crippen molar-refractivity contribution in [2.75, 3.05) is 5.32 Å². The van der Waals surface area contributed by atoms with Crippen molar-refractivity contribution in [2.24, 2.45) is 0 Å². The molecule has 0 fully saturated rings. The molecule has 0 saturated heterocycles. The molecule has 0 aliphatic carbocycles. The third-order valence-electron chi connectivity index (χ3n) is 4.38. The topological polar surface area (TPSA) is 46.9 Å². The highest BCUT2D eigenvalue weighted by atomic mass is 32.1. The summed E-state index contributed by atoms with van der Waals surface area (Å²) in [4.78, 5) is 14.1. The van der Waals surface area contributed by atoms with Gasteiger partial charge in [-0.2, -0.15) is 5.10 Å². The number of aromatic nitrogens is 2. The van der Waals surface area contributed by atoms with Crippen LogP contribution in [-0.4, -0.2) is 15.7 Å². The largest absolute Gasteiger partial charge is 0.319 e. The summed E-state index contributed by atoms with van der Waals surface area (Å²) in [6, 6.07) is 16.6. The van der Waals surface area contributed by atoms with Gasteiger partial charge in [-0.25, -0.2) is 4.39 Å². The van der Waals surface area contributed by atoms with Gasteiger partial charge >= 0.3 is 0 Å². The lowest BCUT2D eigenvalue weighted by Crippen LogP contribution is -2.11. The van der Waals surface area contributed by atoms with Gasteiger partial charge in [0.2, 0.25) is 0 Å². The SMILES string of the molecule is Cc1ccc(NC(=O)c2cc3c(C)nn(Cc4ccccc4)c3s2)c(F)c1. The monoisotopic (exact) mass is 379 g/mol. The second kappa shape index (κ2) is 6.96. The smallest absolute Gasteiger partial charge is 0.265 e. The molecule has 2 heterocycles. The summed E-state index contributed by atoms with van der Waals surface area (Å²) in [5.41, 5.74) is 3.01. The summed E-state index contributed by atoms with van der Waals surface area (Å²) < 4.78 is 15.9. The van der Waals surface area contributed by atoms with Crippen LogP contribution in [0.25, 0.3) is 10.2 Å². The molecule has 4 rings (SSSR count). The fourth-order valence-electron chi connectivity index (χ4n) is 2.99. The van der Waals surface area contributed by atoms with Gasteiger partial charge in [-0.15, -0.1) is 11.3 Å². The molecule has 0 unspecified atom stereocenters. The number of benzene rings is 2. The quantitative estimate of drug-likeness (QED) is 0.533. The van der Waals surface area contributed by atoms with Crippen molar-refractivity contribution in [2.45, 2.75) is 20.4 Å². The van der Waals surface area contributed by atoms with Gasteiger partial charge in [-0.05, 0) is 43.2 Å². The van der Waals surface area contributed by atoms with Crippen molar-refractivity contribution in [3.05, 3.63) is 82.1 Å². The maximum Gasteiger partial charge on any atom is 0.265 e. The van der Waals surface area contributed by atoms with Crippen molar-refractivity contribution in [1.29, 1.82) is 0 Å². The molecule has 136 valence electrons. The van der Waals surface area contributed by atoms with E-state index in [4.69, 9.17) is 0 Å². The van der Waals surface area contributed by atoms with Crippen LogP contribution >= 0.6 is 11.3 Å². The molecule has 4 aromatic rings. The molecule has 1 amide bonds.